The molecule has 0 saturated carbocycles. The summed E-state index contributed by atoms with van der Waals surface area (Å²) in [5.74, 6) is 0. The number of aromatic nitrogens is 3. The summed E-state index contributed by atoms with van der Waals surface area (Å²) in [6.07, 6.45) is 0. The monoisotopic (exact) mass is 225 g/mol. The van der Waals surface area contributed by atoms with Crippen LogP contribution >= 0.6 is 38.4 Å². The van der Waals surface area contributed by atoms with Crippen LogP contribution in [0.3, 0.4) is 0 Å². The summed E-state index contributed by atoms with van der Waals surface area (Å²) < 4.78 is 1.25. The maximum Gasteiger partial charge on any atom is 0.356 e. The molecule has 66 valence electrons. The largest absolute Gasteiger partial charge is 0.356 e. The first-order valence-electron chi connectivity index (χ1n) is 2.55. The maximum atomic E-state index is 10.9. The van der Waals surface area contributed by atoms with Gasteiger partial charge in [0.25, 0.3) is 0 Å². The van der Waals surface area contributed by atoms with Crippen LogP contribution in [0.5, 0.6) is 0 Å². The fourth-order valence-electron chi connectivity index (χ4n) is 0.515. The fraction of sp³-hybridized carbons (Fsp3) is 0. The quantitative estimate of drug-likeness (QED) is 0.459. The Morgan fingerprint density at radius 1 is 0.667 bits per heavy atom. The van der Waals surface area contributed by atoms with Crippen molar-refractivity contribution in [1.82, 2.24) is 11.9 Å². The average molecular weight is 225 g/mol. The van der Waals surface area contributed by atoms with Crippen LogP contribution < -0.4 is 17.1 Å². The molecule has 0 fully saturated rings. The second-order valence-corrected chi connectivity index (χ2v) is 2.98. The number of hydrogen-bond donors (Lipinski definition) is 3. The van der Waals surface area contributed by atoms with Crippen LogP contribution in [0.25, 0.3) is 0 Å². The van der Waals surface area contributed by atoms with Crippen LogP contribution in [-0.2, 0) is 0 Å². The minimum absolute atomic E-state index is 0.418. The van der Waals surface area contributed by atoms with E-state index in [0.29, 0.717) is 11.9 Å². The van der Waals surface area contributed by atoms with Crippen LogP contribution in [0, 0.1) is 0 Å². The molecule has 6 nitrogen and oxygen atoms in total. The van der Waals surface area contributed by atoms with Gasteiger partial charge in [-0.05, 0) is 0 Å². The average Bonchev–Trinajstić information content (AvgIpc) is 2.08. The van der Waals surface area contributed by atoms with Crippen molar-refractivity contribution < 1.29 is 0 Å². The molecule has 1 rings (SSSR count). The van der Waals surface area contributed by atoms with Gasteiger partial charge in [0, 0.05) is 0 Å². The molecule has 0 N–H and O–H groups in total. The first kappa shape index (κ1) is 9.55. The molecule has 0 atom stereocenters. The summed E-state index contributed by atoms with van der Waals surface area (Å²) in [4.78, 5) is 32.7. The lowest BCUT2D eigenvalue weighted by Gasteiger charge is -1.99. The summed E-state index contributed by atoms with van der Waals surface area (Å²) >= 11 is 10.5. The van der Waals surface area contributed by atoms with E-state index in [-0.39, 0.29) is 0 Å². The van der Waals surface area contributed by atoms with Crippen LogP contribution in [0.4, 0.5) is 0 Å². The molecule has 1 aromatic rings. The standard InChI is InChI=1S/C3H3N3O3S3/c7-1-4(10)2(8)6(12)3(9)5(1)11/h10-12H. The Labute approximate surface area is 82.1 Å². The van der Waals surface area contributed by atoms with Crippen molar-refractivity contribution in [1.29, 1.82) is 0 Å². The predicted octanol–water partition coefficient (Wildman–Crippen LogP) is -1.75. The topological polar surface area (TPSA) is 66.0 Å². The Hall–Kier alpha value is -0.540. The van der Waals surface area contributed by atoms with Gasteiger partial charge in [0.05, 0.1) is 0 Å². The van der Waals surface area contributed by atoms with Crippen molar-refractivity contribution >= 4 is 38.4 Å². The van der Waals surface area contributed by atoms with Crippen LogP contribution in [0.2, 0.25) is 0 Å². The highest BCUT2D eigenvalue weighted by Gasteiger charge is 2.07. The molecule has 9 heteroatoms. The molecule has 0 radical (unpaired) electrons. The SMILES string of the molecule is O=c1n(S)c(=O)n(S)c(=O)n1S. The predicted molar refractivity (Wildman–Crippen MR) is 52.4 cm³/mol. The van der Waals surface area contributed by atoms with E-state index >= 15 is 0 Å². The lowest BCUT2D eigenvalue weighted by molar-refractivity contribution is 0.800. The van der Waals surface area contributed by atoms with Gasteiger partial charge in [-0.1, -0.05) is 38.4 Å². The summed E-state index contributed by atoms with van der Waals surface area (Å²) in [6, 6.07) is 0. The molecule has 0 unspecified atom stereocenters. The highest BCUT2D eigenvalue weighted by atomic mass is 32.1. The molecule has 0 aliphatic heterocycles. The van der Waals surface area contributed by atoms with Gasteiger partial charge in [0.1, 0.15) is 0 Å². The highest BCUT2D eigenvalue weighted by molar-refractivity contribution is 7.79. The van der Waals surface area contributed by atoms with Gasteiger partial charge in [0.2, 0.25) is 0 Å². The number of nitrogens with zero attached hydrogens (tertiary/aromatic N) is 3. The Bertz CT molecular complexity index is 381. The molecule has 0 aromatic carbocycles. The van der Waals surface area contributed by atoms with E-state index in [1.165, 1.54) is 0 Å². The molecule has 1 aromatic heterocycles. The summed E-state index contributed by atoms with van der Waals surface area (Å²) in [6.45, 7) is 0. The van der Waals surface area contributed by atoms with E-state index in [4.69, 9.17) is 0 Å². The molecule has 0 bridgehead atoms. The molecule has 12 heavy (non-hydrogen) atoms. The first-order valence-corrected chi connectivity index (χ1v) is 3.75. The third-order valence-electron chi connectivity index (χ3n) is 1.09. The fourth-order valence-corrected chi connectivity index (χ4v) is 1.26. The molecule has 0 spiro atoms. The zero-order valence-corrected chi connectivity index (χ0v) is 8.09. The minimum atomic E-state index is -0.929. The van der Waals surface area contributed by atoms with E-state index in [9.17, 15) is 14.4 Å². The number of rotatable bonds is 0. The summed E-state index contributed by atoms with van der Waals surface area (Å²) in [5, 5.41) is 0. The Balaban J connectivity index is 4.00. The molecule has 0 amide bonds. The second kappa shape index (κ2) is 3.07. The normalized spacial score (nSPS) is 10.2. The van der Waals surface area contributed by atoms with E-state index in [1.807, 2.05) is 0 Å². The maximum absolute atomic E-state index is 10.9. The minimum Gasteiger partial charge on any atom is -0.245 e. The molecular weight excluding hydrogens is 222 g/mol. The van der Waals surface area contributed by atoms with Crippen molar-refractivity contribution in [2.45, 2.75) is 0 Å². The summed E-state index contributed by atoms with van der Waals surface area (Å²) in [5.41, 5.74) is -2.79. The first-order chi connectivity index (χ1) is 5.46. The van der Waals surface area contributed by atoms with Gasteiger partial charge in [-0.25, -0.2) is 14.4 Å². The molecular formula is C3H3N3O3S3. The van der Waals surface area contributed by atoms with Crippen molar-refractivity contribution in [2.24, 2.45) is 0 Å². The smallest absolute Gasteiger partial charge is 0.245 e. The lowest BCUT2D eigenvalue weighted by Crippen LogP contribution is -2.47. The van der Waals surface area contributed by atoms with Gasteiger partial charge in [-0.15, -0.1) is 0 Å². The van der Waals surface area contributed by atoms with Crippen molar-refractivity contribution in [2.75, 3.05) is 0 Å². The molecule has 1 heterocycles. The van der Waals surface area contributed by atoms with Crippen molar-refractivity contribution in [3.63, 3.8) is 0 Å². The zero-order chi connectivity index (χ0) is 9.46. The Kier molecular flexibility index (Phi) is 2.44. The lowest BCUT2D eigenvalue weighted by atomic mass is 11.0. The van der Waals surface area contributed by atoms with Gasteiger partial charge < -0.3 is 0 Å². The van der Waals surface area contributed by atoms with Crippen molar-refractivity contribution in [3.05, 3.63) is 31.5 Å². The summed E-state index contributed by atoms with van der Waals surface area (Å²) in [7, 11) is 0. The van der Waals surface area contributed by atoms with E-state index in [1.54, 1.807) is 0 Å². The van der Waals surface area contributed by atoms with Gasteiger partial charge in [0.15, 0.2) is 0 Å². The van der Waals surface area contributed by atoms with E-state index < -0.39 is 17.1 Å². The zero-order valence-electron chi connectivity index (χ0n) is 5.41. The Morgan fingerprint density at radius 3 is 1.00 bits per heavy atom. The van der Waals surface area contributed by atoms with Gasteiger partial charge in [-0.2, -0.15) is 11.9 Å². The van der Waals surface area contributed by atoms with Gasteiger partial charge >= 0.3 is 17.1 Å². The second-order valence-electron chi connectivity index (χ2n) is 1.78. The van der Waals surface area contributed by atoms with E-state index in [2.05, 4.69) is 38.4 Å². The number of thiol groups is 3. The van der Waals surface area contributed by atoms with Crippen molar-refractivity contribution in [3.8, 4) is 0 Å². The van der Waals surface area contributed by atoms with Crippen LogP contribution in [0.15, 0.2) is 14.4 Å². The third kappa shape index (κ3) is 1.23. The highest BCUT2D eigenvalue weighted by Crippen LogP contribution is 1.77. The van der Waals surface area contributed by atoms with Gasteiger partial charge in [-0.3, -0.25) is 0 Å². The molecule has 0 aliphatic rings. The Morgan fingerprint density at radius 2 is 0.833 bits per heavy atom. The molecule has 0 saturated heterocycles. The third-order valence-corrected chi connectivity index (χ3v) is 2.11. The molecule has 0 aliphatic carbocycles. The van der Waals surface area contributed by atoms with Crippen LogP contribution in [-0.4, -0.2) is 11.9 Å². The van der Waals surface area contributed by atoms with E-state index in [0.717, 1.165) is 0 Å². The van der Waals surface area contributed by atoms with Crippen LogP contribution in [0.1, 0.15) is 0 Å². The number of hydrogen-bond acceptors (Lipinski definition) is 6.